The first-order valence-electron chi connectivity index (χ1n) is 10.1. The number of carbonyl (C=O) groups is 1. The molecule has 3 N–H and O–H groups in total. The van der Waals surface area contributed by atoms with E-state index in [1.807, 2.05) is 67.7 Å². The number of hydrogen-bond acceptors (Lipinski definition) is 6. The molecule has 0 unspecified atom stereocenters. The first-order chi connectivity index (χ1) is 15.2. The molecule has 5 rings (SSSR count). The van der Waals surface area contributed by atoms with Crippen molar-refractivity contribution in [2.24, 2.45) is 0 Å². The van der Waals surface area contributed by atoms with E-state index < -0.39 is 0 Å². The molecular formula is C23H22N6O2. The Balaban J connectivity index is 1.60. The lowest BCUT2D eigenvalue weighted by Gasteiger charge is -2.20. The predicted octanol–water partition coefficient (Wildman–Crippen LogP) is 4.05. The molecule has 0 aliphatic carbocycles. The number of benzene rings is 2. The standard InChI is InChI=1S/C23H22N6O2/c1-24-18-11-20-27-17-9-5-6-15(10-17)13-31-19(16-7-3-2-4-8-16)12-25-23(30)29-14-26-21(18)22(29)28-20/h2-11,14,19H,12-13H2,1H3,(H,25,30)(H2,24,27,28)/t19-/m0/s1. The normalized spacial score (nSPS) is 16.4. The van der Waals surface area contributed by atoms with E-state index in [9.17, 15) is 4.79 Å². The molecule has 3 heterocycles. The van der Waals surface area contributed by atoms with E-state index in [-0.39, 0.29) is 12.1 Å². The molecule has 2 aromatic carbocycles. The second kappa shape index (κ2) is 8.08. The Hall–Kier alpha value is -3.91. The number of nitrogens with one attached hydrogen (secondary N) is 3. The van der Waals surface area contributed by atoms with Gasteiger partial charge in [0.1, 0.15) is 23.8 Å². The zero-order valence-corrected chi connectivity index (χ0v) is 17.0. The molecule has 2 aromatic heterocycles. The summed E-state index contributed by atoms with van der Waals surface area (Å²) in [5.41, 5.74) is 4.79. The minimum absolute atomic E-state index is 0.295. The molecule has 0 saturated heterocycles. The van der Waals surface area contributed by atoms with Crippen molar-refractivity contribution in [1.29, 1.82) is 0 Å². The van der Waals surface area contributed by atoms with Gasteiger partial charge in [-0.2, -0.15) is 0 Å². The van der Waals surface area contributed by atoms with Gasteiger partial charge in [0.05, 0.1) is 12.3 Å². The van der Waals surface area contributed by atoms with Gasteiger partial charge in [0.25, 0.3) is 0 Å². The molecule has 0 radical (unpaired) electrons. The van der Waals surface area contributed by atoms with Crippen LogP contribution in [0.2, 0.25) is 0 Å². The summed E-state index contributed by atoms with van der Waals surface area (Å²) in [7, 11) is 1.82. The van der Waals surface area contributed by atoms with Crippen molar-refractivity contribution in [3.05, 3.63) is 78.1 Å². The molecule has 8 heteroatoms. The molecule has 4 aromatic rings. The Morgan fingerprint density at radius 3 is 2.84 bits per heavy atom. The summed E-state index contributed by atoms with van der Waals surface area (Å²) in [5.74, 6) is 0.615. The van der Waals surface area contributed by atoms with Crippen molar-refractivity contribution in [2.45, 2.75) is 12.7 Å². The molecule has 0 saturated carbocycles. The number of rotatable bonds is 2. The lowest BCUT2D eigenvalue weighted by molar-refractivity contribution is 0.0414. The molecule has 0 fully saturated rings. The summed E-state index contributed by atoms with van der Waals surface area (Å²) in [5, 5.41) is 9.42. The highest BCUT2D eigenvalue weighted by Crippen LogP contribution is 2.27. The minimum Gasteiger partial charge on any atom is -0.386 e. The fraction of sp³-hybridized carbons (Fsp3) is 0.174. The van der Waals surface area contributed by atoms with Crippen molar-refractivity contribution in [1.82, 2.24) is 19.9 Å². The highest BCUT2D eigenvalue weighted by molar-refractivity contribution is 5.94. The summed E-state index contributed by atoms with van der Waals surface area (Å²) in [4.78, 5) is 22.0. The zero-order valence-electron chi connectivity index (χ0n) is 17.0. The number of imidazole rings is 1. The van der Waals surface area contributed by atoms with Crippen molar-refractivity contribution in [3.8, 4) is 0 Å². The van der Waals surface area contributed by atoms with Gasteiger partial charge in [-0.15, -0.1) is 0 Å². The quantitative estimate of drug-likeness (QED) is 0.458. The summed E-state index contributed by atoms with van der Waals surface area (Å²) < 4.78 is 7.63. The average molecular weight is 414 g/mol. The number of carbonyl (C=O) groups excluding carboxylic acids is 1. The first-order valence-corrected chi connectivity index (χ1v) is 10.1. The maximum Gasteiger partial charge on any atom is 0.328 e. The highest BCUT2D eigenvalue weighted by Gasteiger charge is 2.19. The fourth-order valence-electron chi connectivity index (χ4n) is 3.68. The Labute approximate surface area is 179 Å². The van der Waals surface area contributed by atoms with Crippen LogP contribution in [0.3, 0.4) is 0 Å². The van der Waals surface area contributed by atoms with Crippen LogP contribution in [0.25, 0.3) is 11.2 Å². The third-order valence-corrected chi connectivity index (χ3v) is 5.25. The van der Waals surface area contributed by atoms with Crippen LogP contribution in [0.4, 0.5) is 22.0 Å². The van der Waals surface area contributed by atoms with Gasteiger partial charge in [0, 0.05) is 25.3 Å². The topological polar surface area (TPSA) is 93.1 Å². The minimum atomic E-state index is -0.311. The lowest BCUT2D eigenvalue weighted by atomic mass is 10.1. The van der Waals surface area contributed by atoms with Crippen LogP contribution >= 0.6 is 0 Å². The first kappa shape index (κ1) is 19.1. The van der Waals surface area contributed by atoms with Crippen molar-refractivity contribution in [3.63, 3.8) is 0 Å². The van der Waals surface area contributed by atoms with Crippen molar-refractivity contribution < 1.29 is 9.53 Å². The van der Waals surface area contributed by atoms with E-state index in [1.54, 1.807) is 0 Å². The number of amides is 1. The lowest BCUT2D eigenvalue weighted by Crippen LogP contribution is -2.33. The van der Waals surface area contributed by atoms with E-state index in [4.69, 9.17) is 4.74 Å². The van der Waals surface area contributed by atoms with Gasteiger partial charge in [-0.05, 0) is 23.3 Å². The van der Waals surface area contributed by atoms with Crippen LogP contribution in [0.1, 0.15) is 17.2 Å². The molecule has 0 spiro atoms. The Morgan fingerprint density at radius 2 is 2.00 bits per heavy atom. The monoisotopic (exact) mass is 414 g/mol. The van der Waals surface area contributed by atoms with E-state index in [1.165, 1.54) is 10.9 Å². The fourth-order valence-corrected chi connectivity index (χ4v) is 3.68. The number of hydrogen-bond donors (Lipinski definition) is 3. The summed E-state index contributed by atoms with van der Waals surface area (Å²) >= 11 is 0. The molecule has 4 bridgehead atoms. The Kier molecular flexibility index (Phi) is 4.97. The number of nitrogens with zero attached hydrogens (tertiary/aromatic N) is 3. The van der Waals surface area contributed by atoms with Crippen molar-refractivity contribution in [2.75, 3.05) is 24.2 Å². The maximum absolute atomic E-state index is 13.0. The van der Waals surface area contributed by atoms with Gasteiger partial charge in [0.15, 0.2) is 5.65 Å². The summed E-state index contributed by atoms with van der Waals surface area (Å²) in [6.45, 7) is 0.731. The SMILES string of the molecule is CNc1cc2nc3c1ncn3C(=O)NC[C@@H](c1ccccc1)OCc1cccc(c1)N2. The smallest absolute Gasteiger partial charge is 0.328 e. The second-order valence-corrected chi connectivity index (χ2v) is 7.31. The number of anilines is 3. The van der Waals surface area contributed by atoms with Gasteiger partial charge in [-0.25, -0.2) is 19.3 Å². The van der Waals surface area contributed by atoms with Crippen molar-refractivity contribution >= 4 is 34.4 Å². The second-order valence-electron chi connectivity index (χ2n) is 7.31. The zero-order chi connectivity index (χ0) is 21.2. The van der Waals surface area contributed by atoms with Gasteiger partial charge >= 0.3 is 6.03 Å². The predicted molar refractivity (Wildman–Crippen MR) is 120 cm³/mol. The molecule has 156 valence electrons. The van der Waals surface area contributed by atoms with E-state index >= 15 is 0 Å². The van der Waals surface area contributed by atoms with Gasteiger partial charge in [0.2, 0.25) is 0 Å². The Morgan fingerprint density at radius 1 is 1.13 bits per heavy atom. The largest absolute Gasteiger partial charge is 0.386 e. The van der Waals surface area contributed by atoms with E-state index in [0.29, 0.717) is 30.1 Å². The molecule has 31 heavy (non-hydrogen) atoms. The number of fused-ring (bicyclic) bond motifs is 3. The molecule has 1 aliphatic heterocycles. The van der Waals surface area contributed by atoms with E-state index in [0.717, 1.165) is 22.5 Å². The molecule has 1 amide bonds. The molecule has 1 atom stereocenters. The van der Waals surface area contributed by atoms with Crippen LogP contribution in [-0.4, -0.2) is 34.2 Å². The van der Waals surface area contributed by atoms with Crippen LogP contribution in [-0.2, 0) is 11.3 Å². The average Bonchev–Trinajstić information content (AvgIpc) is 3.23. The number of ether oxygens (including phenoxy) is 1. The number of pyridine rings is 1. The van der Waals surface area contributed by atoms with E-state index in [2.05, 4.69) is 25.9 Å². The summed E-state index contributed by atoms with van der Waals surface area (Å²) in [6, 6.07) is 19.4. The molecule has 1 aliphatic rings. The third-order valence-electron chi connectivity index (χ3n) is 5.25. The van der Waals surface area contributed by atoms with Crippen LogP contribution < -0.4 is 16.0 Å². The van der Waals surface area contributed by atoms with Crippen LogP contribution in [0, 0.1) is 0 Å². The molecular weight excluding hydrogens is 392 g/mol. The Bertz CT molecular complexity index is 1240. The highest BCUT2D eigenvalue weighted by atomic mass is 16.5. The maximum atomic E-state index is 13.0. The van der Waals surface area contributed by atoms with Crippen LogP contribution in [0.5, 0.6) is 0 Å². The third kappa shape index (κ3) is 3.80. The van der Waals surface area contributed by atoms with Gasteiger partial charge in [-0.1, -0.05) is 42.5 Å². The van der Waals surface area contributed by atoms with Gasteiger partial charge < -0.3 is 20.7 Å². The molecule has 8 nitrogen and oxygen atoms in total. The number of aromatic nitrogens is 3. The van der Waals surface area contributed by atoms with Gasteiger partial charge in [-0.3, -0.25) is 0 Å². The van der Waals surface area contributed by atoms with Crippen LogP contribution in [0.15, 0.2) is 67.0 Å². The summed E-state index contributed by atoms with van der Waals surface area (Å²) in [6.07, 6.45) is 1.19.